The number of carbonyl (C=O) groups excluding carboxylic acids is 1. The Morgan fingerprint density at radius 2 is 2.00 bits per heavy atom. The smallest absolute Gasteiger partial charge is 0.305 e. The number of methoxy groups -OCH3 is 1. The summed E-state index contributed by atoms with van der Waals surface area (Å²) < 4.78 is 25.2. The highest BCUT2D eigenvalue weighted by Crippen LogP contribution is 1.98. The van der Waals surface area contributed by atoms with Crippen LogP contribution in [0.2, 0.25) is 0 Å². The molecule has 0 bridgehead atoms. The van der Waals surface area contributed by atoms with Crippen molar-refractivity contribution in [3.63, 3.8) is 0 Å². The molecule has 0 rings (SSSR count). The molecule has 72 valence electrons. The summed E-state index contributed by atoms with van der Waals surface area (Å²) in [6.07, 6.45) is 1.13. The number of sulfonamides is 1. The molecule has 0 saturated carbocycles. The Labute approximate surface area is 71.9 Å². The summed E-state index contributed by atoms with van der Waals surface area (Å²) in [5.41, 5.74) is 0. The minimum atomic E-state index is -3.38. The normalized spacial score (nSPS) is 11.2. The average molecular weight is 195 g/mol. The molecule has 0 aromatic heterocycles. The third-order valence-corrected chi connectivity index (χ3v) is 2.15. The van der Waals surface area contributed by atoms with E-state index in [1.165, 1.54) is 7.11 Å². The van der Waals surface area contributed by atoms with Crippen LogP contribution in [0.1, 0.15) is 19.3 Å². The molecule has 0 heterocycles. The quantitative estimate of drug-likeness (QED) is 0.478. The SMILES string of the molecule is COC(=O)CCCCS(N)(=O)=O. The third-order valence-electron chi connectivity index (χ3n) is 1.29. The van der Waals surface area contributed by atoms with E-state index in [1.54, 1.807) is 0 Å². The Bertz CT molecular complexity index is 234. The predicted molar refractivity (Wildman–Crippen MR) is 43.8 cm³/mol. The van der Waals surface area contributed by atoms with Crippen LogP contribution in [0.4, 0.5) is 0 Å². The fraction of sp³-hybridized carbons (Fsp3) is 0.833. The second kappa shape index (κ2) is 5.10. The van der Waals surface area contributed by atoms with Crippen molar-refractivity contribution in [3.8, 4) is 0 Å². The van der Waals surface area contributed by atoms with Crippen molar-refractivity contribution in [1.82, 2.24) is 0 Å². The Morgan fingerprint density at radius 1 is 1.42 bits per heavy atom. The Kier molecular flexibility index (Phi) is 4.84. The van der Waals surface area contributed by atoms with Gasteiger partial charge in [0.25, 0.3) is 0 Å². The van der Waals surface area contributed by atoms with Gasteiger partial charge in [0.2, 0.25) is 10.0 Å². The molecule has 0 aliphatic carbocycles. The maximum atomic E-state index is 10.5. The van der Waals surface area contributed by atoms with Gasteiger partial charge in [-0.25, -0.2) is 13.6 Å². The van der Waals surface area contributed by atoms with Gasteiger partial charge in [0, 0.05) is 6.42 Å². The van der Waals surface area contributed by atoms with Gasteiger partial charge >= 0.3 is 5.97 Å². The highest BCUT2D eigenvalue weighted by molar-refractivity contribution is 7.89. The number of unbranched alkanes of at least 4 members (excludes halogenated alkanes) is 1. The Hall–Kier alpha value is -0.620. The van der Waals surface area contributed by atoms with E-state index >= 15 is 0 Å². The van der Waals surface area contributed by atoms with Crippen LogP contribution in [-0.4, -0.2) is 27.2 Å². The van der Waals surface area contributed by atoms with Crippen LogP contribution in [0, 0.1) is 0 Å². The molecule has 0 saturated heterocycles. The summed E-state index contributed by atoms with van der Waals surface area (Å²) in [4.78, 5) is 10.5. The first kappa shape index (κ1) is 11.4. The monoisotopic (exact) mass is 195 g/mol. The molecular formula is C6H13NO4S. The first-order valence-corrected chi connectivity index (χ1v) is 5.24. The van der Waals surface area contributed by atoms with Crippen LogP contribution >= 0.6 is 0 Å². The second-order valence-electron chi connectivity index (χ2n) is 2.40. The molecule has 0 unspecified atom stereocenters. The number of primary sulfonamides is 1. The third kappa shape index (κ3) is 7.49. The lowest BCUT2D eigenvalue weighted by molar-refractivity contribution is -0.140. The van der Waals surface area contributed by atoms with E-state index in [2.05, 4.69) is 4.74 Å². The minimum Gasteiger partial charge on any atom is -0.469 e. The summed E-state index contributed by atoms with van der Waals surface area (Å²) in [5, 5.41) is 4.74. The highest BCUT2D eigenvalue weighted by atomic mass is 32.2. The second-order valence-corrected chi connectivity index (χ2v) is 4.13. The van der Waals surface area contributed by atoms with E-state index in [4.69, 9.17) is 5.14 Å². The van der Waals surface area contributed by atoms with Crippen molar-refractivity contribution in [1.29, 1.82) is 0 Å². The molecule has 0 aromatic rings. The standard InChI is InChI=1S/C6H13NO4S/c1-11-6(8)4-2-3-5-12(7,9)10/h2-5H2,1H3,(H2,7,9,10). The molecular weight excluding hydrogens is 182 g/mol. The van der Waals surface area contributed by atoms with Crippen molar-refractivity contribution >= 4 is 16.0 Å². The maximum absolute atomic E-state index is 10.5. The zero-order valence-electron chi connectivity index (χ0n) is 6.95. The molecule has 6 heteroatoms. The van der Waals surface area contributed by atoms with E-state index in [0.29, 0.717) is 12.8 Å². The highest BCUT2D eigenvalue weighted by Gasteiger charge is 2.04. The van der Waals surface area contributed by atoms with Gasteiger partial charge in [-0.3, -0.25) is 4.79 Å². The molecule has 5 nitrogen and oxygen atoms in total. The van der Waals surface area contributed by atoms with Crippen molar-refractivity contribution in [2.45, 2.75) is 19.3 Å². The van der Waals surface area contributed by atoms with Crippen molar-refractivity contribution in [3.05, 3.63) is 0 Å². The van der Waals surface area contributed by atoms with Gasteiger partial charge in [0.15, 0.2) is 0 Å². The van der Waals surface area contributed by atoms with Crippen LogP contribution in [0.5, 0.6) is 0 Å². The lowest BCUT2D eigenvalue weighted by Gasteiger charge is -1.98. The zero-order chi connectivity index (χ0) is 9.61. The summed E-state index contributed by atoms with van der Waals surface area (Å²) in [6, 6.07) is 0. The van der Waals surface area contributed by atoms with Crippen LogP contribution in [0.25, 0.3) is 0 Å². The first-order valence-electron chi connectivity index (χ1n) is 3.53. The van der Waals surface area contributed by atoms with E-state index in [-0.39, 0.29) is 18.1 Å². The molecule has 0 amide bonds. The molecule has 0 atom stereocenters. The van der Waals surface area contributed by atoms with Crippen molar-refractivity contribution in [2.24, 2.45) is 5.14 Å². The van der Waals surface area contributed by atoms with Gasteiger partial charge in [-0.05, 0) is 12.8 Å². The molecule has 0 aliphatic heterocycles. The van der Waals surface area contributed by atoms with Gasteiger partial charge in [-0.1, -0.05) is 0 Å². The maximum Gasteiger partial charge on any atom is 0.305 e. The Balaban J connectivity index is 3.40. The molecule has 0 aliphatic rings. The number of ether oxygens (including phenoxy) is 1. The van der Waals surface area contributed by atoms with E-state index in [0.717, 1.165) is 0 Å². The molecule has 2 N–H and O–H groups in total. The van der Waals surface area contributed by atoms with Crippen molar-refractivity contribution < 1.29 is 17.9 Å². The number of carbonyl (C=O) groups is 1. The van der Waals surface area contributed by atoms with E-state index in [1.807, 2.05) is 0 Å². The van der Waals surface area contributed by atoms with E-state index in [9.17, 15) is 13.2 Å². The summed E-state index contributed by atoms with van der Waals surface area (Å²) >= 11 is 0. The predicted octanol–water partition coefficient (Wildman–Crippen LogP) is -0.382. The van der Waals surface area contributed by atoms with Gasteiger partial charge in [-0.2, -0.15) is 0 Å². The summed E-state index contributed by atoms with van der Waals surface area (Å²) in [6.45, 7) is 0. The lowest BCUT2D eigenvalue weighted by atomic mass is 10.2. The number of hydrogen-bond donors (Lipinski definition) is 1. The molecule has 0 spiro atoms. The van der Waals surface area contributed by atoms with Crippen LogP contribution in [0.3, 0.4) is 0 Å². The number of nitrogens with two attached hydrogens (primary N) is 1. The fourth-order valence-corrected chi connectivity index (χ4v) is 1.28. The zero-order valence-corrected chi connectivity index (χ0v) is 7.76. The molecule has 0 fully saturated rings. The van der Waals surface area contributed by atoms with Gasteiger partial charge < -0.3 is 4.74 Å². The first-order chi connectivity index (χ1) is 5.45. The molecule has 12 heavy (non-hydrogen) atoms. The number of rotatable bonds is 5. The number of esters is 1. The van der Waals surface area contributed by atoms with Gasteiger partial charge in [-0.15, -0.1) is 0 Å². The molecule has 0 aromatic carbocycles. The summed E-state index contributed by atoms with van der Waals surface area (Å²) in [7, 11) is -2.09. The average Bonchev–Trinajstić information content (AvgIpc) is 1.96. The Morgan fingerprint density at radius 3 is 2.42 bits per heavy atom. The molecule has 0 radical (unpaired) electrons. The minimum absolute atomic E-state index is 0.0794. The van der Waals surface area contributed by atoms with Crippen LogP contribution < -0.4 is 5.14 Å². The number of hydrogen-bond acceptors (Lipinski definition) is 4. The summed E-state index contributed by atoms with van der Waals surface area (Å²) in [5.74, 6) is -0.409. The topological polar surface area (TPSA) is 86.5 Å². The lowest BCUT2D eigenvalue weighted by Crippen LogP contribution is -2.16. The van der Waals surface area contributed by atoms with Crippen molar-refractivity contribution in [2.75, 3.05) is 12.9 Å². The largest absolute Gasteiger partial charge is 0.469 e. The van der Waals surface area contributed by atoms with Gasteiger partial charge in [0.1, 0.15) is 0 Å². The fourth-order valence-electron chi connectivity index (χ4n) is 0.675. The van der Waals surface area contributed by atoms with Crippen LogP contribution in [-0.2, 0) is 19.6 Å². The van der Waals surface area contributed by atoms with E-state index < -0.39 is 10.0 Å². The van der Waals surface area contributed by atoms with Gasteiger partial charge in [0.05, 0.1) is 12.9 Å². The van der Waals surface area contributed by atoms with Crippen LogP contribution in [0.15, 0.2) is 0 Å².